The molecule has 0 spiro atoms. The number of methoxy groups -OCH3 is 1. The highest BCUT2D eigenvalue weighted by molar-refractivity contribution is 6.30. The van der Waals surface area contributed by atoms with Crippen LogP contribution in [0.4, 0.5) is 5.69 Å². The van der Waals surface area contributed by atoms with Gasteiger partial charge in [-0.3, -0.25) is 10.1 Å². The Hall–Kier alpha value is -1.88. The van der Waals surface area contributed by atoms with Gasteiger partial charge in [-0.15, -0.1) is 0 Å². The normalized spacial score (nSPS) is 10.4. The first-order chi connectivity index (χ1) is 7.54. The summed E-state index contributed by atoms with van der Waals surface area (Å²) in [7, 11) is 1.23. The zero-order chi connectivity index (χ0) is 12.1. The maximum Gasteiger partial charge on any atom is 0.330 e. The standard InChI is InChI=1S/C10H8ClNO4/c1-16-10(13)5-3-7-2-4-8(11)6-9(7)12(14)15/h2-6H,1H3/b5-3+. The lowest BCUT2D eigenvalue weighted by Crippen LogP contribution is -1.95. The molecule has 0 aliphatic rings. The van der Waals surface area contributed by atoms with Gasteiger partial charge in [0, 0.05) is 17.2 Å². The Kier molecular flexibility index (Phi) is 4.02. The van der Waals surface area contributed by atoms with Crippen LogP contribution in [-0.2, 0) is 9.53 Å². The third-order valence-electron chi connectivity index (χ3n) is 1.79. The van der Waals surface area contributed by atoms with E-state index in [0.29, 0.717) is 5.56 Å². The molecule has 0 atom stereocenters. The lowest BCUT2D eigenvalue weighted by Gasteiger charge is -1.97. The average Bonchev–Trinajstić information content (AvgIpc) is 2.26. The van der Waals surface area contributed by atoms with Crippen molar-refractivity contribution in [1.82, 2.24) is 0 Å². The Balaban J connectivity index is 3.09. The number of carbonyl (C=O) groups excluding carboxylic acids is 1. The van der Waals surface area contributed by atoms with E-state index in [1.165, 1.54) is 31.4 Å². The molecule has 0 N–H and O–H groups in total. The summed E-state index contributed by atoms with van der Waals surface area (Å²) in [5, 5.41) is 11.0. The fourth-order valence-corrected chi connectivity index (χ4v) is 1.21. The average molecular weight is 242 g/mol. The SMILES string of the molecule is COC(=O)/C=C/c1ccc(Cl)cc1[N+](=O)[O-]. The molecule has 0 aliphatic heterocycles. The molecule has 0 radical (unpaired) electrons. The largest absolute Gasteiger partial charge is 0.466 e. The Bertz CT molecular complexity index is 456. The first kappa shape index (κ1) is 12.2. The van der Waals surface area contributed by atoms with E-state index >= 15 is 0 Å². The molecule has 0 saturated heterocycles. The minimum absolute atomic E-state index is 0.160. The fraction of sp³-hybridized carbons (Fsp3) is 0.100. The molecule has 1 aromatic rings. The fourth-order valence-electron chi connectivity index (χ4n) is 1.04. The van der Waals surface area contributed by atoms with Crippen LogP contribution >= 0.6 is 11.6 Å². The Morgan fingerprint density at radius 2 is 2.25 bits per heavy atom. The number of nitrogens with zero attached hydrogens (tertiary/aromatic N) is 1. The first-order valence-corrected chi connectivity index (χ1v) is 4.62. The third-order valence-corrected chi connectivity index (χ3v) is 2.02. The van der Waals surface area contributed by atoms with Crippen LogP contribution in [0.3, 0.4) is 0 Å². The molecule has 0 fully saturated rings. The lowest BCUT2D eigenvalue weighted by molar-refractivity contribution is -0.385. The molecule has 84 valence electrons. The molecule has 0 heterocycles. The molecular weight excluding hydrogens is 234 g/mol. The number of hydrogen-bond acceptors (Lipinski definition) is 4. The molecular formula is C10H8ClNO4. The van der Waals surface area contributed by atoms with Crippen LogP contribution in [0.1, 0.15) is 5.56 Å². The molecule has 1 aromatic carbocycles. The highest BCUT2D eigenvalue weighted by Gasteiger charge is 2.12. The van der Waals surface area contributed by atoms with Gasteiger partial charge >= 0.3 is 5.97 Å². The lowest BCUT2D eigenvalue weighted by atomic mass is 10.1. The van der Waals surface area contributed by atoms with Crippen molar-refractivity contribution in [2.45, 2.75) is 0 Å². The van der Waals surface area contributed by atoms with E-state index in [1.807, 2.05) is 0 Å². The molecule has 16 heavy (non-hydrogen) atoms. The second-order valence-electron chi connectivity index (χ2n) is 2.82. The van der Waals surface area contributed by atoms with E-state index in [1.54, 1.807) is 0 Å². The number of hydrogen-bond donors (Lipinski definition) is 0. The second kappa shape index (κ2) is 5.27. The van der Waals surface area contributed by atoms with Gasteiger partial charge in [0.1, 0.15) is 0 Å². The van der Waals surface area contributed by atoms with Crippen molar-refractivity contribution in [2.24, 2.45) is 0 Å². The van der Waals surface area contributed by atoms with E-state index in [2.05, 4.69) is 4.74 Å². The van der Waals surface area contributed by atoms with E-state index in [-0.39, 0.29) is 10.7 Å². The van der Waals surface area contributed by atoms with Crippen LogP contribution in [0.5, 0.6) is 0 Å². The molecule has 0 aliphatic carbocycles. The second-order valence-corrected chi connectivity index (χ2v) is 3.25. The molecule has 6 heteroatoms. The van der Waals surface area contributed by atoms with Crippen LogP contribution in [-0.4, -0.2) is 18.0 Å². The summed E-state index contributed by atoms with van der Waals surface area (Å²) in [6.07, 6.45) is 2.41. The topological polar surface area (TPSA) is 69.4 Å². The molecule has 0 amide bonds. The van der Waals surface area contributed by atoms with Crippen molar-refractivity contribution in [1.29, 1.82) is 0 Å². The summed E-state index contributed by atoms with van der Waals surface area (Å²) in [5.74, 6) is -0.579. The van der Waals surface area contributed by atoms with Gasteiger partial charge in [0.05, 0.1) is 17.6 Å². The maximum atomic E-state index is 10.8. The number of esters is 1. The number of nitro benzene ring substituents is 1. The van der Waals surface area contributed by atoms with Gasteiger partial charge in [0.15, 0.2) is 0 Å². The molecule has 0 saturated carbocycles. The van der Waals surface area contributed by atoms with E-state index in [4.69, 9.17) is 11.6 Å². The highest BCUT2D eigenvalue weighted by Crippen LogP contribution is 2.24. The number of rotatable bonds is 3. The van der Waals surface area contributed by atoms with Crippen LogP contribution < -0.4 is 0 Å². The molecule has 0 unspecified atom stereocenters. The van der Waals surface area contributed by atoms with Crippen molar-refractivity contribution in [3.8, 4) is 0 Å². The minimum atomic E-state index is -0.579. The van der Waals surface area contributed by atoms with Crippen molar-refractivity contribution < 1.29 is 14.5 Å². The maximum absolute atomic E-state index is 10.8. The zero-order valence-electron chi connectivity index (χ0n) is 8.34. The molecule has 5 nitrogen and oxygen atoms in total. The van der Waals surface area contributed by atoms with Gasteiger partial charge < -0.3 is 4.74 Å². The van der Waals surface area contributed by atoms with Crippen LogP contribution in [0.25, 0.3) is 6.08 Å². The monoisotopic (exact) mass is 241 g/mol. The van der Waals surface area contributed by atoms with Crippen molar-refractivity contribution in [2.75, 3.05) is 7.11 Å². The van der Waals surface area contributed by atoms with Gasteiger partial charge in [-0.25, -0.2) is 4.79 Å². The minimum Gasteiger partial charge on any atom is -0.466 e. The predicted molar refractivity (Wildman–Crippen MR) is 59.2 cm³/mol. The summed E-state index contributed by atoms with van der Waals surface area (Å²) in [6.45, 7) is 0. The Labute approximate surface area is 96.4 Å². The Morgan fingerprint density at radius 3 is 2.81 bits per heavy atom. The van der Waals surface area contributed by atoms with Gasteiger partial charge in [-0.2, -0.15) is 0 Å². The zero-order valence-corrected chi connectivity index (χ0v) is 9.10. The van der Waals surface area contributed by atoms with Gasteiger partial charge in [0.25, 0.3) is 5.69 Å². The number of nitro groups is 1. The van der Waals surface area contributed by atoms with E-state index in [9.17, 15) is 14.9 Å². The molecule has 0 aromatic heterocycles. The van der Waals surface area contributed by atoms with Crippen molar-refractivity contribution in [3.63, 3.8) is 0 Å². The summed E-state index contributed by atoms with van der Waals surface area (Å²) in [4.78, 5) is 20.9. The summed E-state index contributed by atoms with van der Waals surface area (Å²) >= 11 is 5.63. The van der Waals surface area contributed by atoms with E-state index < -0.39 is 10.9 Å². The summed E-state index contributed by atoms with van der Waals surface area (Å²) < 4.78 is 4.37. The highest BCUT2D eigenvalue weighted by atomic mass is 35.5. The number of benzene rings is 1. The number of ether oxygens (including phenoxy) is 1. The third kappa shape index (κ3) is 3.06. The molecule has 0 bridgehead atoms. The van der Waals surface area contributed by atoms with Gasteiger partial charge in [-0.05, 0) is 18.2 Å². The van der Waals surface area contributed by atoms with Gasteiger partial charge in [0.2, 0.25) is 0 Å². The van der Waals surface area contributed by atoms with E-state index in [0.717, 1.165) is 6.08 Å². The predicted octanol–water partition coefficient (Wildman–Crippen LogP) is 2.43. The van der Waals surface area contributed by atoms with Crippen LogP contribution in [0, 0.1) is 10.1 Å². The number of carbonyl (C=O) groups is 1. The van der Waals surface area contributed by atoms with Crippen molar-refractivity contribution >= 4 is 29.3 Å². The number of halogens is 1. The first-order valence-electron chi connectivity index (χ1n) is 4.24. The quantitative estimate of drug-likeness (QED) is 0.353. The van der Waals surface area contributed by atoms with Crippen LogP contribution in [0.15, 0.2) is 24.3 Å². The van der Waals surface area contributed by atoms with Crippen LogP contribution in [0.2, 0.25) is 5.02 Å². The summed E-state index contributed by atoms with van der Waals surface area (Å²) in [6, 6.07) is 4.18. The smallest absolute Gasteiger partial charge is 0.330 e. The molecule has 1 rings (SSSR count). The van der Waals surface area contributed by atoms with Gasteiger partial charge in [-0.1, -0.05) is 11.6 Å². The van der Waals surface area contributed by atoms with Crippen molar-refractivity contribution in [3.05, 3.63) is 45.0 Å². The summed E-state index contributed by atoms with van der Waals surface area (Å²) in [5.41, 5.74) is 0.132. The Morgan fingerprint density at radius 1 is 1.56 bits per heavy atom.